The number of nitrogens with zero attached hydrogens (tertiary/aromatic N) is 1. The summed E-state index contributed by atoms with van der Waals surface area (Å²) in [5.74, 6) is 1.48. The highest BCUT2D eigenvalue weighted by atomic mass is 79.9. The lowest BCUT2D eigenvalue weighted by molar-refractivity contribution is 0.173. The van der Waals surface area contributed by atoms with Crippen LogP contribution in [0.25, 0.3) is 0 Å². The standard InChI is InChI=1S/C9H13BrNO4PS/c10-9-3-8(4-11-5-9)6-17-2-1-15-7-16(12,13)14/h3-5H,1-2,6-7H2,(H2,12,13,14). The van der Waals surface area contributed by atoms with E-state index in [2.05, 4.69) is 20.9 Å². The first-order valence-electron chi connectivity index (χ1n) is 4.77. The highest BCUT2D eigenvalue weighted by molar-refractivity contribution is 9.10. The molecule has 0 saturated heterocycles. The molecular weight excluding hydrogens is 329 g/mol. The molecular formula is C9H13BrNO4PS. The maximum Gasteiger partial charge on any atom is 0.350 e. The molecule has 0 aliphatic heterocycles. The minimum absolute atomic E-state index is 0.331. The fourth-order valence-electron chi connectivity index (χ4n) is 1.03. The maximum atomic E-state index is 10.5. The van der Waals surface area contributed by atoms with Crippen LogP contribution in [0.15, 0.2) is 22.9 Å². The summed E-state index contributed by atoms with van der Waals surface area (Å²) in [5, 5.41) is 0. The van der Waals surface area contributed by atoms with E-state index in [1.165, 1.54) is 0 Å². The topological polar surface area (TPSA) is 79.7 Å². The fraction of sp³-hybridized carbons (Fsp3) is 0.444. The zero-order valence-electron chi connectivity index (χ0n) is 8.95. The molecule has 0 atom stereocenters. The first-order valence-corrected chi connectivity index (χ1v) is 8.51. The summed E-state index contributed by atoms with van der Waals surface area (Å²) in [6.07, 6.45) is 3.00. The van der Waals surface area contributed by atoms with Crippen LogP contribution in [-0.4, -0.2) is 33.5 Å². The van der Waals surface area contributed by atoms with E-state index in [4.69, 9.17) is 14.5 Å². The predicted octanol–water partition coefficient (Wildman–Crippen LogP) is 2.23. The van der Waals surface area contributed by atoms with Crippen LogP contribution in [0.4, 0.5) is 0 Å². The van der Waals surface area contributed by atoms with Crippen LogP contribution in [0.3, 0.4) is 0 Å². The molecule has 5 nitrogen and oxygen atoms in total. The summed E-state index contributed by atoms with van der Waals surface area (Å²) in [5.41, 5.74) is 1.10. The molecule has 0 fully saturated rings. The number of pyridine rings is 1. The molecule has 0 aliphatic rings. The van der Waals surface area contributed by atoms with Crippen molar-refractivity contribution >= 4 is 35.3 Å². The quantitative estimate of drug-likeness (QED) is 0.584. The summed E-state index contributed by atoms with van der Waals surface area (Å²) >= 11 is 4.96. The lowest BCUT2D eigenvalue weighted by atomic mass is 10.3. The van der Waals surface area contributed by atoms with Crippen molar-refractivity contribution < 1.29 is 19.1 Å². The Bertz CT molecular complexity index is 400. The molecule has 0 aromatic carbocycles. The van der Waals surface area contributed by atoms with Crippen LogP contribution in [0, 0.1) is 0 Å². The molecule has 0 aliphatic carbocycles. The Kier molecular flexibility index (Phi) is 6.69. The van der Waals surface area contributed by atoms with Crippen molar-refractivity contribution in [3.05, 3.63) is 28.5 Å². The molecule has 0 saturated carbocycles. The van der Waals surface area contributed by atoms with Crippen molar-refractivity contribution in [1.82, 2.24) is 4.98 Å². The van der Waals surface area contributed by atoms with Gasteiger partial charge in [-0.25, -0.2) is 0 Å². The lowest BCUT2D eigenvalue weighted by Crippen LogP contribution is -2.00. The fourth-order valence-corrected chi connectivity index (χ4v) is 2.58. The largest absolute Gasteiger partial charge is 0.368 e. The Morgan fingerprint density at radius 2 is 2.24 bits per heavy atom. The zero-order valence-corrected chi connectivity index (χ0v) is 12.2. The number of ether oxygens (including phenoxy) is 1. The summed E-state index contributed by atoms with van der Waals surface area (Å²) in [4.78, 5) is 21.1. The lowest BCUT2D eigenvalue weighted by Gasteiger charge is -2.05. The highest BCUT2D eigenvalue weighted by Gasteiger charge is 2.11. The van der Waals surface area contributed by atoms with Crippen molar-refractivity contribution in [1.29, 1.82) is 0 Å². The van der Waals surface area contributed by atoms with Gasteiger partial charge in [0.1, 0.15) is 6.35 Å². The van der Waals surface area contributed by atoms with E-state index in [-0.39, 0.29) is 0 Å². The van der Waals surface area contributed by atoms with Crippen LogP contribution in [0.5, 0.6) is 0 Å². The first-order chi connectivity index (χ1) is 7.97. The van der Waals surface area contributed by atoms with E-state index < -0.39 is 13.9 Å². The van der Waals surface area contributed by atoms with Gasteiger partial charge in [-0.15, -0.1) is 0 Å². The number of rotatable bonds is 7. The summed E-state index contributed by atoms with van der Waals surface area (Å²) in [7, 11) is -4.03. The number of halogens is 1. The minimum Gasteiger partial charge on any atom is -0.368 e. The molecule has 17 heavy (non-hydrogen) atoms. The van der Waals surface area contributed by atoms with Gasteiger partial charge < -0.3 is 14.5 Å². The van der Waals surface area contributed by atoms with Gasteiger partial charge >= 0.3 is 7.60 Å². The molecule has 8 heteroatoms. The third-order valence-corrected chi connectivity index (χ3v) is 3.61. The van der Waals surface area contributed by atoms with Crippen LogP contribution >= 0.6 is 35.3 Å². The molecule has 0 radical (unpaired) electrons. The second kappa shape index (κ2) is 7.51. The van der Waals surface area contributed by atoms with Gasteiger partial charge in [-0.05, 0) is 27.6 Å². The van der Waals surface area contributed by atoms with Gasteiger partial charge in [-0.3, -0.25) is 9.55 Å². The Morgan fingerprint density at radius 3 is 2.88 bits per heavy atom. The van der Waals surface area contributed by atoms with Gasteiger partial charge in [0.2, 0.25) is 0 Å². The Morgan fingerprint density at radius 1 is 1.47 bits per heavy atom. The van der Waals surface area contributed by atoms with E-state index in [0.29, 0.717) is 12.4 Å². The second-order valence-electron chi connectivity index (χ2n) is 3.27. The Hall–Kier alpha value is 0.0900. The molecule has 96 valence electrons. The van der Waals surface area contributed by atoms with Gasteiger partial charge in [0, 0.05) is 28.4 Å². The van der Waals surface area contributed by atoms with Crippen LogP contribution in [0.1, 0.15) is 5.56 Å². The maximum absolute atomic E-state index is 10.5. The number of aromatic nitrogens is 1. The summed E-state index contributed by atoms with van der Waals surface area (Å²) in [6, 6.07) is 1.98. The van der Waals surface area contributed by atoms with Crippen LogP contribution in [0.2, 0.25) is 0 Å². The van der Waals surface area contributed by atoms with E-state index in [1.807, 2.05) is 6.07 Å². The molecule has 0 amide bonds. The van der Waals surface area contributed by atoms with Gasteiger partial charge in [-0.1, -0.05) is 0 Å². The molecule has 1 heterocycles. The van der Waals surface area contributed by atoms with Crippen LogP contribution < -0.4 is 0 Å². The molecule has 0 spiro atoms. The third-order valence-electron chi connectivity index (χ3n) is 1.66. The van der Waals surface area contributed by atoms with Gasteiger partial charge in [-0.2, -0.15) is 11.8 Å². The Balaban J connectivity index is 2.11. The minimum atomic E-state index is -4.03. The predicted molar refractivity (Wildman–Crippen MR) is 71.0 cm³/mol. The second-order valence-corrected chi connectivity index (χ2v) is 6.87. The third kappa shape index (κ3) is 7.91. The van der Waals surface area contributed by atoms with E-state index >= 15 is 0 Å². The van der Waals surface area contributed by atoms with Crippen molar-refractivity contribution in [3.8, 4) is 0 Å². The van der Waals surface area contributed by atoms with Crippen LogP contribution in [-0.2, 0) is 15.1 Å². The van der Waals surface area contributed by atoms with Crippen molar-refractivity contribution in [2.24, 2.45) is 0 Å². The van der Waals surface area contributed by atoms with E-state index in [9.17, 15) is 4.57 Å². The smallest absolute Gasteiger partial charge is 0.350 e. The molecule has 0 bridgehead atoms. The van der Waals surface area contributed by atoms with Gasteiger partial charge in [0.05, 0.1) is 6.61 Å². The van der Waals surface area contributed by atoms with Crippen molar-refractivity contribution in [3.63, 3.8) is 0 Å². The van der Waals surface area contributed by atoms with E-state index in [0.717, 1.165) is 15.8 Å². The Labute approximate surface area is 112 Å². The molecule has 0 unspecified atom stereocenters. The normalized spacial score (nSPS) is 11.7. The monoisotopic (exact) mass is 341 g/mol. The highest BCUT2D eigenvalue weighted by Crippen LogP contribution is 2.33. The number of thioether (sulfide) groups is 1. The average Bonchev–Trinajstić information content (AvgIpc) is 2.22. The number of hydrogen-bond acceptors (Lipinski definition) is 4. The molecule has 2 N–H and O–H groups in total. The average molecular weight is 342 g/mol. The van der Waals surface area contributed by atoms with Gasteiger partial charge in [0.25, 0.3) is 0 Å². The van der Waals surface area contributed by atoms with Crippen molar-refractivity contribution in [2.45, 2.75) is 5.75 Å². The van der Waals surface area contributed by atoms with Crippen molar-refractivity contribution in [2.75, 3.05) is 18.7 Å². The molecule has 1 aromatic heterocycles. The number of hydrogen-bond donors (Lipinski definition) is 2. The van der Waals surface area contributed by atoms with Gasteiger partial charge in [0.15, 0.2) is 0 Å². The summed E-state index contributed by atoms with van der Waals surface area (Å²) in [6.45, 7) is 0.331. The SMILES string of the molecule is O=P(O)(O)COCCSCc1cncc(Br)c1. The molecule has 1 rings (SSSR count). The zero-order chi connectivity index (χ0) is 12.7. The molecule has 1 aromatic rings. The first kappa shape index (κ1) is 15.1. The summed E-state index contributed by atoms with van der Waals surface area (Å²) < 4.78 is 16.3. The van der Waals surface area contributed by atoms with E-state index in [1.54, 1.807) is 24.2 Å².